The topological polar surface area (TPSA) is 55.1 Å². The lowest BCUT2D eigenvalue weighted by Crippen LogP contribution is -1.99. The molecule has 1 aromatic rings. The van der Waals surface area contributed by atoms with E-state index in [2.05, 4.69) is 21.0 Å². The highest BCUT2D eigenvalue weighted by atomic mass is 79.9. The van der Waals surface area contributed by atoms with Crippen LogP contribution in [-0.2, 0) is 6.54 Å². The van der Waals surface area contributed by atoms with Gasteiger partial charge in [0.15, 0.2) is 0 Å². The third kappa shape index (κ3) is 1.42. The van der Waals surface area contributed by atoms with Crippen molar-refractivity contribution in [1.82, 2.24) is 9.78 Å². The summed E-state index contributed by atoms with van der Waals surface area (Å²) in [6.07, 6.45) is 1.33. The molecule has 0 spiro atoms. The number of carboxylic acids is 1. The molecule has 0 atom stereocenters. The monoisotopic (exact) mass is 218 g/mol. The molecule has 0 bridgehead atoms. The third-order valence-electron chi connectivity index (χ3n) is 1.31. The zero-order chi connectivity index (χ0) is 8.43. The van der Waals surface area contributed by atoms with Crippen molar-refractivity contribution < 1.29 is 9.90 Å². The highest BCUT2D eigenvalue weighted by Crippen LogP contribution is 2.15. The summed E-state index contributed by atoms with van der Waals surface area (Å²) in [6, 6.07) is 0. The molecular weight excluding hydrogens is 212 g/mol. The van der Waals surface area contributed by atoms with Crippen LogP contribution in [0.15, 0.2) is 10.8 Å². The van der Waals surface area contributed by atoms with Crippen molar-refractivity contribution in [3.8, 4) is 0 Å². The Bertz CT molecular complexity index is 282. The maximum atomic E-state index is 10.5. The first kappa shape index (κ1) is 8.26. The number of carbonyl (C=O) groups is 1. The second-order valence-electron chi connectivity index (χ2n) is 1.97. The van der Waals surface area contributed by atoms with E-state index < -0.39 is 5.97 Å². The van der Waals surface area contributed by atoms with Crippen LogP contribution in [0.5, 0.6) is 0 Å². The quantitative estimate of drug-likeness (QED) is 0.816. The molecular formula is C6H7BrN2O2. The van der Waals surface area contributed by atoms with Gasteiger partial charge in [-0.25, -0.2) is 4.79 Å². The zero-order valence-electron chi connectivity index (χ0n) is 5.91. The first-order valence-corrected chi connectivity index (χ1v) is 3.90. The summed E-state index contributed by atoms with van der Waals surface area (Å²) in [7, 11) is 0. The van der Waals surface area contributed by atoms with Gasteiger partial charge in [0.25, 0.3) is 0 Å². The van der Waals surface area contributed by atoms with Gasteiger partial charge in [-0.05, 0) is 22.9 Å². The maximum absolute atomic E-state index is 10.5. The van der Waals surface area contributed by atoms with Crippen molar-refractivity contribution in [2.24, 2.45) is 0 Å². The van der Waals surface area contributed by atoms with Crippen LogP contribution in [0.3, 0.4) is 0 Å². The van der Waals surface area contributed by atoms with Crippen molar-refractivity contribution in [2.75, 3.05) is 0 Å². The van der Waals surface area contributed by atoms with Crippen molar-refractivity contribution >= 4 is 21.9 Å². The molecule has 0 radical (unpaired) electrons. The van der Waals surface area contributed by atoms with Gasteiger partial charge in [0.2, 0.25) is 0 Å². The molecule has 0 saturated heterocycles. The third-order valence-corrected chi connectivity index (χ3v) is 2.14. The number of aromatic nitrogens is 2. The van der Waals surface area contributed by atoms with Crippen molar-refractivity contribution in [3.63, 3.8) is 0 Å². The highest BCUT2D eigenvalue weighted by molar-refractivity contribution is 9.10. The Balaban J connectivity index is 3.10. The van der Waals surface area contributed by atoms with E-state index in [0.717, 1.165) is 0 Å². The van der Waals surface area contributed by atoms with Gasteiger partial charge in [0.05, 0.1) is 6.20 Å². The molecule has 60 valence electrons. The Hall–Kier alpha value is -0.840. The molecule has 0 aliphatic rings. The molecule has 0 aliphatic heterocycles. The Morgan fingerprint density at radius 3 is 2.82 bits per heavy atom. The van der Waals surface area contributed by atoms with Crippen molar-refractivity contribution in [1.29, 1.82) is 0 Å². The van der Waals surface area contributed by atoms with E-state index in [4.69, 9.17) is 5.11 Å². The number of hydrogen-bond acceptors (Lipinski definition) is 2. The predicted octanol–water partition coefficient (Wildman–Crippen LogP) is 1.36. The van der Waals surface area contributed by atoms with Gasteiger partial charge in [-0.1, -0.05) is 0 Å². The molecule has 0 saturated carbocycles. The molecule has 0 fully saturated rings. The van der Waals surface area contributed by atoms with Crippen molar-refractivity contribution in [2.45, 2.75) is 13.5 Å². The lowest BCUT2D eigenvalue weighted by molar-refractivity contribution is 0.0695. The fourth-order valence-electron chi connectivity index (χ4n) is 0.734. The number of rotatable bonds is 2. The summed E-state index contributed by atoms with van der Waals surface area (Å²) in [4.78, 5) is 10.5. The van der Waals surface area contributed by atoms with Gasteiger partial charge in [-0.2, -0.15) is 5.10 Å². The number of halogens is 1. The lowest BCUT2D eigenvalue weighted by atomic mass is 10.4. The Kier molecular flexibility index (Phi) is 2.28. The van der Waals surface area contributed by atoms with Crippen molar-refractivity contribution in [3.05, 3.63) is 16.4 Å². The predicted molar refractivity (Wildman–Crippen MR) is 42.6 cm³/mol. The second-order valence-corrected chi connectivity index (χ2v) is 2.72. The number of aromatic carboxylic acids is 1. The van der Waals surface area contributed by atoms with E-state index in [1.54, 1.807) is 4.68 Å². The minimum absolute atomic E-state index is 0.201. The van der Waals surface area contributed by atoms with Crippen LogP contribution in [0.1, 0.15) is 17.3 Å². The average Bonchev–Trinajstić information content (AvgIpc) is 2.30. The minimum Gasteiger partial charge on any atom is -0.478 e. The number of aryl methyl sites for hydroxylation is 1. The summed E-state index contributed by atoms with van der Waals surface area (Å²) in [6.45, 7) is 2.55. The summed E-state index contributed by atoms with van der Waals surface area (Å²) in [5.74, 6) is -0.962. The van der Waals surface area contributed by atoms with Crippen LogP contribution >= 0.6 is 15.9 Å². The molecule has 1 heterocycles. The minimum atomic E-state index is -0.962. The molecule has 1 rings (SSSR count). The molecule has 1 N–H and O–H groups in total. The molecule has 1 aromatic heterocycles. The second kappa shape index (κ2) is 3.04. The van der Waals surface area contributed by atoms with Gasteiger partial charge < -0.3 is 5.11 Å². The van der Waals surface area contributed by atoms with Crippen LogP contribution in [0.4, 0.5) is 0 Å². The molecule has 0 aromatic carbocycles. The van der Waals surface area contributed by atoms with Crippen LogP contribution in [0.2, 0.25) is 0 Å². The van der Waals surface area contributed by atoms with Crippen LogP contribution in [-0.4, -0.2) is 20.9 Å². The van der Waals surface area contributed by atoms with Crippen LogP contribution in [0, 0.1) is 0 Å². The highest BCUT2D eigenvalue weighted by Gasteiger charge is 2.12. The van der Waals surface area contributed by atoms with Crippen LogP contribution < -0.4 is 0 Å². The molecule has 5 heteroatoms. The summed E-state index contributed by atoms with van der Waals surface area (Å²) < 4.78 is 2.09. The van der Waals surface area contributed by atoms with Gasteiger partial charge in [0.1, 0.15) is 10.2 Å². The summed E-state index contributed by atoms with van der Waals surface area (Å²) >= 11 is 3.13. The van der Waals surface area contributed by atoms with E-state index in [1.165, 1.54) is 6.20 Å². The van der Waals surface area contributed by atoms with Gasteiger partial charge in [0, 0.05) is 6.54 Å². The average molecular weight is 219 g/mol. The number of carboxylic acid groups (broad SMARTS) is 1. The SMILES string of the molecule is CCn1ncc(C(=O)O)c1Br. The molecule has 0 aliphatic carbocycles. The van der Waals surface area contributed by atoms with Gasteiger partial charge in [-0.15, -0.1) is 0 Å². The van der Waals surface area contributed by atoms with Crippen LogP contribution in [0.25, 0.3) is 0 Å². The Morgan fingerprint density at radius 1 is 1.91 bits per heavy atom. The normalized spacial score (nSPS) is 10.0. The maximum Gasteiger partial charge on any atom is 0.340 e. The van der Waals surface area contributed by atoms with E-state index in [0.29, 0.717) is 11.1 Å². The molecule has 0 unspecified atom stereocenters. The van der Waals surface area contributed by atoms with Gasteiger partial charge in [-0.3, -0.25) is 4.68 Å². The molecule has 0 amide bonds. The zero-order valence-corrected chi connectivity index (χ0v) is 7.50. The van der Waals surface area contributed by atoms with E-state index >= 15 is 0 Å². The smallest absolute Gasteiger partial charge is 0.340 e. The first-order valence-electron chi connectivity index (χ1n) is 3.11. The van der Waals surface area contributed by atoms with E-state index in [-0.39, 0.29) is 5.56 Å². The van der Waals surface area contributed by atoms with Gasteiger partial charge >= 0.3 is 5.97 Å². The number of nitrogens with zero attached hydrogens (tertiary/aromatic N) is 2. The summed E-state index contributed by atoms with van der Waals surface area (Å²) in [5, 5.41) is 12.4. The molecule has 11 heavy (non-hydrogen) atoms. The summed E-state index contributed by atoms with van der Waals surface area (Å²) in [5.41, 5.74) is 0.201. The largest absolute Gasteiger partial charge is 0.478 e. The molecule has 4 nitrogen and oxygen atoms in total. The fourth-order valence-corrected chi connectivity index (χ4v) is 1.35. The Labute approximate surface area is 72.0 Å². The number of hydrogen-bond donors (Lipinski definition) is 1. The lowest BCUT2D eigenvalue weighted by Gasteiger charge is -1.95. The van der Waals surface area contributed by atoms with E-state index in [9.17, 15) is 4.79 Å². The standard InChI is InChI=1S/C6H7BrN2O2/c1-2-9-5(7)4(3-8-9)6(10)11/h3H,2H2,1H3,(H,10,11). The fraction of sp³-hybridized carbons (Fsp3) is 0.333. The Morgan fingerprint density at radius 2 is 2.55 bits per heavy atom. The van der Waals surface area contributed by atoms with E-state index in [1.807, 2.05) is 6.92 Å². The first-order chi connectivity index (χ1) is 5.16.